The SMILES string of the molecule is COc1c(C(C)C)cc(Br)cc1C(C)CN. The minimum Gasteiger partial charge on any atom is -0.496 e. The van der Waals surface area contributed by atoms with Crippen molar-refractivity contribution < 1.29 is 4.74 Å². The van der Waals surface area contributed by atoms with Crippen molar-refractivity contribution >= 4 is 15.9 Å². The highest BCUT2D eigenvalue weighted by atomic mass is 79.9. The molecular formula is C13H20BrNO. The quantitative estimate of drug-likeness (QED) is 0.917. The van der Waals surface area contributed by atoms with Crippen molar-refractivity contribution in [2.45, 2.75) is 32.6 Å². The second kappa shape index (κ2) is 5.69. The molecule has 0 saturated heterocycles. The molecule has 0 aromatic heterocycles. The first-order chi connectivity index (χ1) is 7.51. The van der Waals surface area contributed by atoms with Crippen molar-refractivity contribution in [3.05, 3.63) is 27.7 Å². The van der Waals surface area contributed by atoms with Gasteiger partial charge in [0.15, 0.2) is 0 Å². The van der Waals surface area contributed by atoms with Gasteiger partial charge < -0.3 is 10.5 Å². The predicted octanol–water partition coefficient (Wildman–Crippen LogP) is 3.64. The van der Waals surface area contributed by atoms with E-state index in [1.807, 2.05) is 0 Å². The highest BCUT2D eigenvalue weighted by molar-refractivity contribution is 9.10. The van der Waals surface area contributed by atoms with E-state index in [1.54, 1.807) is 7.11 Å². The lowest BCUT2D eigenvalue weighted by Gasteiger charge is -2.20. The standard InChI is InChI=1S/C13H20BrNO/c1-8(2)11-5-10(14)6-12(9(3)7-15)13(11)16-4/h5-6,8-9H,7,15H2,1-4H3. The zero-order valence-electron chi connectivity index (χ0n) is 10.4. The summed E-state index contributed by atoms with van der Waals surface area (Å²) in [7, 11) is 1.72. The zero-order chi connectivity index (χ0) is 12.3. The molecule has 0 fully saturated rings. The minimum atomic E-state index is 0.310. The molecule has 0 bridgehead atoms. The fraction of sp³-hybridized carbons (Fsp3) is 0.538. The second-order valence-electron chi connectivity index (χ2n) is 4.41. The number of nitrogens with two attached hydrogens (primary N) is 1. The van der Waals surface area contributed by atoms with Crippen molar-refractivity contribution in [1.82, 2.24) is 0 Å². The Labute approximate surface area is 106 Å². The Bertz CT molecular complexity index is 363. The summed E-state index contributed by atoms with van der Waals surface area (Å²) in [5, 5.41) is 0. The van der Waals surface area contributed by atoms with E-state index in [-0.39, 0.29) is 0 Å². The van der Waals surface area contributed by atoms with Crippen LogP contribution in [0.2, 0.25) is 0 Å². The molecule has 0 heterocycles. The number of ether oxygens (including phenoxy) is 1. The van der Waals surface area contributed by atoms with Crippen molar-refractivity contribution in [3.8, 4) is 5.75 Å². The van der Waals surface area contributed by atoms with Crippen molar-refractivity contribution in [2.75, 3.05) is 13.7 Å². The first-order valence-electron chi connectivity index (χ1n) is 5.58. The second-order valence-corrected chi connectivity index (χ2v) is 5.32. The molecule has 0 amide bonds. The highest BCUT2D eigenvalue weighted by Gasteiger charge is 2.17. The van der Waals surface area contributed by atoms with Gasteiger partial charge in [0.2, 0.25) is 0 Å². The third-order valence-electron chi connectivity index (χ3n) is 2.82. The van der Waals surface area contributed by atoms with E-state index in [0.717, 1.165) is 10.2 Å². The fourth-order valence-electron chi connectivity index (χ4n) is 1.79. The van der Waals surface area contributed by atoms with Gasteiger partial charge in [0.05, 0.1) is 7.11 Å². The number of benzene rings is 1. The van der Waals surface area contributed by atoms with Crippen molar-refractivity contribution in [2.24, 2.45) is 5.73 Å². The Morgan fingerprint density at radius 3 is 2.25 bits per heavy atom. The van der Waals surface area contributed by atoms with Crippen LogP contribution in [0.4, 0.5) is 0 Å². The lowest BCUT2D eigenvalue weighted by molar-refractivity contribution is 0.399. The van der Waals surface area contributed by atoms with Gasteiger partial charge in [-0.05, 0) is 41.6 Å². The molecule has 0 spiro atoms. The molecule has 2 nitrogen and oxygen atoms in total. The van der Waals surface area contributed by atoms with E-state index in [9.17, 15) is 0 Å². The topological polar surface area (TPSA) is 35.2 Å². The van der Waals surface area contributed by atoms with Crippen LogP contribution in [0.3, 0.4) is 0 Å². The molecule has 90 valence electrons. The van der Waals surface area contributed by atoms with Gasteiger partial charge in [-0.2, -0.15) is 0 Å². The summed E-state index contributed by atoms with van der Waals surface area (Å²) in [6.07, 6.45) is 0. The number of hydrogen-bond acceptors (Lipinski definition) is 2. The van der Waals surface area contributed by atoms with E-state index in [2.05, 4.69) is 48.8 Å². The van der Waals surface area contributed by atoms with Crippen LogP contribution in [0.15, 0.2) is 16.6 Å². The third-order valence-corrected chi connectivity index (χ3v) is 3.28. The van der Waals surface area contributed by atoms with E-state index in [1.165, 1.54) is 11.1 Å². The summed E-state index contributed by atoms with van der Waals surface area (Å²) in [5.41, 5.74) is 8.15. The summed E-state index contributed by atoms with van der Waals surface area (Å²) >= 11 is 3.55. The van der Waals surface area contributed by atoms with Crippen LogP contribution in [0.1, 0.15) is 43.7 Å². The van der Waals surface area contributed by atoms with Gasteiger partial charge in [0, 0.05) is 4.47 Å². The van der Waals surface area contributed by atoms with Crippen LogP contribution < -0.4 is 10.5 Å². The van der Waals surface area contributed by atoms with E-state index in [4.69, 9.17) is 10.5 Å². The van der Waals surface area contributed by atoms with Gasteiger partial charge in [-0.25, -0.2) is 0 Å². The minimum absolute atomic E-state index is 0.310. The van der Waals surface area contributed by atoms with Crippen molar-refractivity contribution in [1.29, 1.82) is 0 Å². The van der Waals surface area contributed by atoms with E-state index >= 15 is 0 Å². The molecule has 1 atom stereocenters. The lowest BCUT2D eigenvalue weighted by Crippen LogP contribution is -2.11. The normalized spacial score (nSPS) is 12.9. The fourth-order valence-corrected chi connectivity index (χ4v) is 2.29. The Balaban J connectivity index is 3.35. The average Bonchev–Trinajstić information content (AvgIpc) is 2.26. The first kappa shape index (κ1) is 13.5. The molecular weight excluding hydrogens is 266 g/mol. The monoisotopic (exact) mass is 285 g/mol. The molecule has 0 radical (unpaired) electrons. The summed E-state index contributed by atoms with van der Waals surface area (Å²) in [6.45, 7) is 7.08. The third kappa shape index (κ3) is 2.77. The lowest BCUT2D eigenvalue weighted by atomic mass is 9.93. The molecule has 1 aromatic carbocycles. The van der Waals surface area contributed by atoms with E-state index < -0.39 is 0 Å². The summed E-state index contributed by atoms with van der Waals surface area (Å²) in [6, 6.07) is 4.22. The Kier molecular flexibility index (Phi) is 4.81. The van der Waals surface area contributed by atoms with Gasteiger partial charge in [0.25, 0.3) is 0 Å². The molecule has 0 aliphatic rings. The molecule has 0 saturated carbocycles. The molecule has 3 heteroatoms. The van der Waals surface area contributed by atoms with Crippen LogP contribution in [0.25, 0.3) is 0 Å². The maximum absolute atomic E-state index is 5.73. The zero-order valence-corrected chi connectivity index (χ0v) is 12.0. The Morgan fingerprint density at radius 1 is 1.25 bits per heavy atom. The maximum atomic E-state index is 5.73. The average molecular weight is 286 g/mol. The molecule has 1 rings (SSSR count). The summed E-state index contributed by atoms with van der Waals surface area (Å²) < 4.78 is 6.63. The van der Waals surface area contributed by atoms with Gasteiger partial charge >= 0.3 is 0 Å². The molecule has 0 aliphatic heterocycles. The molecule has 1 aromatic rings. The maximum Gasteiger partial charge on any atom is 0.125 e. The van der Waals surface area contributed by atoms with Crippen LogP contribution in [-0.4, -0.2) is 13.7 Å². The number of hydrogen-bond donors (Lipinski definition) is 1. The van der Waals surface area contributed by atoms with Crippen LogP contribution >= 0.6 is 15.9 Å². The first-order valence-corrected chi connectivity index (χ1v) is 6.37. The van der Waals surface area contributed by atoms with Crippen molar-refractivity contribution in [3.63, 3.8) is 0 Å². The molecule has 2 N–H and O–H groups in total. The van der Waals surface area contributed by atoms with Crippen LogP contribution in [0, 0.1) is 0 Å². The van der Waals surface area contributed by atoms with Crippen LogP contribution in [0.5, 0.6) is 5.75 Å². The number of rotatable bonds is 4. The van der Waals surface area contributed by atoms with Gasteiger partial charge in [-0.1, -0.05) is 36.7 Å². The van der Waals surface area contributed by atoms with Gasteiger partial charge in [-0.3, -0.25) is 0 Å². The molecule has 16 heavy (non-hydrogen) atoms. The summed E-state index contributed by atoms with van der Waals surface area (Å²) in [4.78, 5) is 0. The number of methoxy groups -OCH3 is 1. The summed E-state index contributed by atoms with van der Waals surface area (Å²) in [5.74, 6) is 1.73. The Morgan fingerprint density at radius 2 is 1.81 bits per heavy atom. The van der Waals surface area contributed by atoms with Gasteiger partial charge in [-0.15, -0.1) is 0 Å². The van der Waals surface area contributed by atoms with Crippen LogP contribution in [-0.2, 0) is 0 Å². The highest BCUT2D eigenvalue weighted by Crippen LogP contribution is 2.36. The predicted molar refractivity (Wildman–Crippen MR) is 72.3 cm³/mol. The largest absolute Gasteiger partial charge is 0.496 e. The number of halogens is 1. The van der Waals surface area contributed by atoms with E-state index in [0.29, 0.717) is 18.4 Å². The van der Waals surface area contributed by atoms with Gasteiger partial charge in [0.1, 0.15) is 5.75 Å². The molecule has 1 unspecified atom stereocenters. The smallest absolute Gasteiger partial charge is 0.125 e. The molecule has 0 aliphatic carbocycles. The Hall–Kier alpha value is -0.540.